The van der Waals surface area contributed by atoms with Gasteiger partial charge in [0.15, 0.2) is 0 Å². The Morgan fingerprint density at radius 1 is 1.17 bits per heavy atom. The van der Waals surface area contributed by atoms with Crippen LogP contribution in [0.15, 0.2) is 46.9 Å². The fraction of sp³-hybridized carbons (Fsp3) is 0.176. The van der Waals surface area contributed by atoms with Crippen LogP contribution in [0, 0.1) is 5.92 Å². The highest BCUT2D eigenvalue weighted by Gasteiger charge is 2.35. The molecule has 2 aromatic rings. The minimum atomic E-state index is -0.423. The zero-order valence-corrected chi connectivity index (χ0v) is 15.5. The first-order valence-corrected chi connectivity index (χ1v) is 8.81. The highest BCUT2D eigenvalue weighted by molar-refractivity contribution is 9.10. The standard InChI is InChI=1S/C17H13BrCl2N2O2/c18-11-1-4-13(5-2-11)22-9-10(7-16(22)23)17(24)21-15-6-3-12(19)8-14(15)20/h1-6,8,10H,7,9H2,(H,21,24)/t10-/m0/s1. The van der Waals surface area contributed by atoms with Crippen LogP contribution in [-0.4, -0.2) is 18.4 Å². The predicted molar refractivity (Wildman–Crippen MR) is 99.7 cm³/mol. The van der Waals surface area contributed by atoms with E-state index in [0.717, 1.165) is 10.2 Å². The van der Waals surface area contributed by atoms with Gasteiger partial charge in [0.05, 0.1) is 16.6 Å². The molecule has 1 aliphatic rings. The molecular weight excluding hydrogens is 415 g/mol. The van der Waals surface area contributed by atoms with Crippen LogP contribution in [0.2, 0.25) is 10.0 Å². The largest absolute Gasteiger partial charge is 0.324 e. The van der Waals surface area contributed by atoms with Gasteiger partial charge in [-0.2, -0.15) is 0 Å². The van der Waals surface area contributed by atoms with Crippen molar-refractivity contribution < 1.29 is 9.59 Å². The second-order valence-electron chi connectivity index (χ2n) is 5.50. The molecule has 124 valence electrons. The van der Waals surface area contributed by atoms with Crippen LogP contribution in [0.4, 0.5) is 11.4 Å². The molecule has 0 saturated carbocycles. The van der Waals surface area contributed by atoms with E-state index in [1.165, 1.54) is 0 Å². The number of benzene rings is 2. The number of halogens is 3. The molecule has 1 saturated heterocycles. The summed E-state index contributed by atoms with van der Waals surface area (Å²) < 4.78 is 0.935. The summed E-state index contributed by atoms with van der Waals surface area (Å²) in [6, 6.07) is 12.3. The number of amides is 2. The van der Waals surface area contributed by atoms with Gasteiger partial charge in [0.1, 0.15) is 0 Å². The maximum Gasteiger partial charge on any atom is 0.229 e. The first-order chi connectivity index (χ1) is 11.4. The SMILES string of the molecule is O=C(Nc1ccc(Cl)cc1Cl)[C@H]1CC(=O)N(c2ccc(Br)cc2)C1. The topological polar surface area (TPSA) is 49.4 Å². The maximum atomic E-state index is 12.4. The molecule has 0 radical (unpaired) electrons. The summed E-state index contributed by atoms with van der Waals surface area (Å²) in [6.07, 6.45) is 0.174. The Kier molecular flexibility index (Phi) is 5.13. The molecule has 1 fully saturated rings. The van der Waals surface area contributed by atoms with Crippen molar-refractivity contribution >= 4 is 62.3 Å². The zero-order chi connectivity index (χ0) is 17.3. The molecule has 3 rings (SSSR count). The number of anilines is 2. The number of nitrogens with zero attached hydrogens (tertiary/aromatic N) is 1. The Labute approximate surface area is 157 Å². The molecule has 1 aliphatic heterocycles. The van der Waals surface area contributed by atoms with Crippen LogP contribution in [-0.2, 0) is 9.59 Å². The molecule has 7 heteroatoms. The average molecular weight is 428 g/mol. The fourth-order valence-corrected chi connectivity index (χ4v) is 3.30. The number of hydrogen-bond acceptors (Lipinski definition) is 2. The molecule has 2 amide bonds. The van der Waals surface area contributed by atoms with E-state index in [-0.39, 0.29) is 18.2 Å². The number of carbonyl (C=O) groups excluding carboxylic acids is 2. The second kappa shape index (κ2) is 7.13. The van der Waals surface area contributed by atoms with E-state index in [4.69, 9.17) is 23.2 Å². The molecule has 4 nitrogen and oxygen atoms in total. The van der Waals surface area contributed by atoms with Gasteiger partial charge in [-0.05, 0) is 42.5 Å². The quantitative estimate of drug-likeness (QED) is 0.768. The van der Waals surface area contributed by atoms with Crippen molar-refractivity contribution in [3.8, 4) is 0 Å². The first kappa shape index (κ1) is 17.3. The van der Waals surface area contributed by atoms with Crippen molar-refractivity contribution in [3.05, 3.63) is 57.0 Å². The third-order valence-electron chi connectivity index (χ3n) is 3.82. The van der Waals surface area contributed by atoms with Crippen molar-refractivity contribution in [2.75, 3.05) is 16.8 Å². The summed E-state index contributed by atoms with van der Waals surface area (Å²) in [5.41, 5.74) is 1.27. The molecule has 0 bridgehead atoms. The van der Waals surface area contributed by atoms with Gasteiger partial charge in [0, 0.05) is 28.1 Å². The van der Waals surface area contributed by atoms with Crippen LogP contribution in [0.1, 0.15) is 6.42 Å². The molecule has 1 N–H and O–H groups in total. The van der Waals surface area contributed by atoms with E-state index in [2.05, 4.69) is 21.2 Å². The smallest absolute Gasteiger partial charge is 0.229 e. The normalized spacial score (nSPS) is 17.2. The van der Waals surface area contributed by atoms with Crippen LogP contribution >= 0.6 is 39.1 Å². The van der Waals surface area contributed by atoms with Crippen molar-refractivity contribution in [1.29, 1.82) is 0 Å². The Morgan fingerprint density at radius 3 is 2.54 bits per heavy atom. The first-order valence-electron chi connectivity index (χ1n) is 7.26. The lowest BCUT2D eigenvalue weighted by atomic mass is 10.1. The molecule has 0 aliphatic carbocycles. The third kappa shape index (κ3) is 3.74. The zero-order valence-electron chi connectivity index (χ0n) is 12.4. The molecule has 0 aromatic heterocycles. The lowest BCUT2D eigenvalue weighted by Gasteiger charge is -2.17. The van der Waals surface area contributed by atoms with E-state index >= 15 is 0 Å². The molecule has 0 unspecified atom stereocenters. The van der Waals surface area contributed by atoms with Gasteiger partial charge in [0.25, 0.3) is 0 Å². The van der Waals surface area contributed by atoms with Gasteiger partial charge in [-0.25, -0.2) is 0 Å². The van der Waals surface area contributed by atoms with Crippen molar-refractivity contribution in [3.63, 3.8) is 0 Å². The van der Waals surface area contributed by atoms with Crippen molar-refractivity contribution in [2.24, 2.45) is 5.92 Å². The minimum absolute atomic E-state index is 0.0697. The van der Waals surface area contributed by atoms with E-state index in [1.807, 2.05) is 24.3 Å². The lowest BCUT2D eigenvalue weighted by Crippen LogP contribution is -2.28. The van der Waals surface area contributed by atoms with E-state index < -0.39 is 5.92 Å². The molecule has 1 atom stereocenters. The van der Waals surface area contributed by atoms with Crippen molar-refractivity contribution in [2.45, 2.75) is 6.42 Å². The number of nitrogens with one attached hydrogen (secondary N) is 1. The van der Waals surface area contributed by atoms with Gasteiger partial charge in [-0.1, -0.05) is 39.1 Å². The van der Waals surface area contributed by atoms with Gasteiger partial charge in [-0.3, -0.25) is 9.59 Å². The molecule has 0 spiro atoms. The van der Waals surface area contributed by atoms with Gasteiger partial charge in [0.2, 0.25) is 11.8 Å². The highest BCUT2D eigenvalue weighted by atomic mass is 79.9. The Hall–Kier alpha value is -1.56. The van der Waals surface area contributed by atoms with E-state index in [9.17, 15) is 9.59 Å². The Balaban J connectivity index is 1.70. The van der Waals surface area contributed by atoms with Crippen LogP contribution in [0.3, 0.4) is 0 Å². The van der Waals surface area contributed by atoms with Crippen LogP contribution in [0.5, 0.6) is 0 Å². The number of carbonyl (C=O) groups is 2. The maximum absolute atomic E-state index is 12.4. The lowest BCUT2D eigenvalue weighted by molar-refractivity contribution is -0.122. The van der Waals surface area contributed by atoms with Crippen LogP contribution < -0.4 is 10.2 Å². The van der Waals surface area contributed by atoms with Gasteiger partial charge < -0.3 is 10.2 Å². The van der Waals surface area contributed by atoms with E-state index in [1.54, 1.807) is 23.1 Å². The molecule has 2 aromatic carbocycles. The minimum Gasteiger partial charge on any atom is -0.324 e. The molecule has 1 heterocycles. The predicted octanol–water partition coefficient (Wildman–Crippen LogP) is 4.75. The molecular formula is C17H13BrCl2N2O2. The van der Waals surface area contributed by atoms with Gasteiger partial charge >= 0.3 is 0 Å². The third-order valence-corrected chi connectivity index (χ3v) is 4.90. The van der Waals surface area contributed by atoms with E-state index in [0.29, 0.717) is 22.3 Å². The summed E-state index contributed by atoms with van der Waals surface area (Å²) in [7, 11) is 0. The molecule has 24 heavy (non-hydrogen) atoms. The average Bonchev–Trinajstić information content (AvgIpc) is 2.93. The van der Waals surface area contributed by atoms with Crippen molar-refractivity contribution in [1.82, 2.24) is 0 Å². The second-order valence-corrected chi connectivity index (χ2v) is 7.25. The summed E-state index contributed by atoms with van der Waals surface area (Å²) >= 11 is 15.3. The summed E-state index contributed by atoms with van der Waals surface area (Å²) in [5.74, 6) is -0.722. The Morgan fingerprint density at radius 2 is 1.88 bits per heavy atom. The number of rotatable bonds is 3. The highest BCUT2D eigenvalue weighted by Crippen LogP contribution is 2.29. The fourth-order valence-electron chi connectivity index (χ4n) is 2.58. The summed E-state index contributed by atoms with van der Waals surface area (Å²) in [4.78, 5) is 26.3. The van der Waals surface area contributed by atoms with Crippen LogP contribution in [0.25, 0.3) is 0 Å². The monoisotopic (exact) mass is 426 g/mol. The number of hydrogen-bond donors (Lipinski definition) is 1. The Bertz CT molecular complexity index is 796. The summed E-state index contributed by atoms with van der Waals surface area (Å²) in [6.45, 7) is 0.345. The van der Waals surface area contributed by atoms with Gasteiger partial charge in [-0.15, -0.1) is 0 Å². The summed E-state index contributed by atoms with van der Waals surface area (Å²) in [5, 5.41) is 3.63.